The standard InChI is InChI=1S/C14H21F3N4O3S2.HI/c1-18-13(19-5-4-14(15,16)17)20-10-11-2-3-12(25-11)26(22,23)21-6-8-24-9-7-21;/h2-3H,4-10H2,1H3,(H2,18,19,20);1H. The van der Waals surface area contributed by atoms with Gasteiger partial charge in [0.05, 0.1) is 26.2 Å². The fourth-order valence-corrected chi connectivity index (χ4v) is 5.08. The number of hydrogen-bond acceptors (Lipinski definition) is 5. The lowest BCUT2D eigenvalue weighted by molar-refractivity contribution is -0.132. The predicted octanol–water partition coefficient (Wildman–Crippen LogP) is 2.00. The van der Waals surface area contributed by atoms with Crippen molar-refractivity contribution in [2.24, 2.45) is 4.99 Å². The second kappa shape index (κ2) is 10.8. The SMILES string of the molecule is CN=C(NCCC(F)(F)F)NCc1ccc(S(=O)(=O)N2CCOCC2)s1.I. The van der Waals surface area contributed by atoms with Gasteiger partial charge in [0.1, 0.15) is 4.21 Å². The topological polar surface area (TPSA) is 83.0 Å². The predicted molar refractivity (Wildman–Crippen MR) is 108 cm³/mol. The molecule has 156 valence electrons. The molecule has 0 aromatic carbocycles. The smallest absolute Gasteiger partial charge is 0.379 e. The van der Waals surface area contributed by atoms with Gasteiger partial charge in [-0.1, -0.05) is 0 Å². The molecule has 7 nitrogen and oxygen atoms in total. The molecule has 1 aliphatic rings. The second-order valence-electron chi connectivity index (χ2n) is 5.45. The van der Waals surface area contributed by atoms with Crippen molar-refractivity contribution < 1.29 is 26.3 Å². The van der Waals surface area contributed by atoms with Crippen molar-refractivity contribution in [2.75, 3.05) is 39.9 Å². The van der Waals surface area contributed by atoms with Crippen LogP contribution in [0.5, 0.6) is 0 Å². The summed E-state index contributed by atoms with van der Waals surface area (Å²) in [6.45, 7) is 1.37. The van der Waals surface area contributed by atoms with E-state index in [0.717, 1.165) is 16.2 Å². The van der Waals surface area contributed by atoms with Gasteiger partial charge in [-0.3, -0.25) is 4.99 Å². The largest absolute Gasteiger partial charge is 0.390 e. The summed E-state index contributed by atoms with van der Waals surface area (Å²) in [4.78, 5) is 4.58. The van der Waals surface area contributed by atoms with Crippen LogP contribution >= 0.6 is 35.3 Å². The van der Waals surface area contributed by atoms with Gasteiger partial charge in [-0.2, -0.15) is 17.5 Å². The minimum atomic E-state index is -4.23. The van der Waals surface area contributed by atoms with Gasteiger partial charge < -0.3 is 15.4 Å². The summed E-state index contributed by atoms with van der Waals surface area (Å²) in [5.41, 5.74) is 0. The Morgan fingerprint density at radius 3 is 2.56 bits per heavy atom. The van der Waals surface area contributed by atoms with Gasteiger partial charge in [0.2, 0.25) is 0 Å². The first-order valence-corrected chi connectivity index (χ1v) is 10.2. The van der Waals surface area contributed by atoms with E-state index in [0.29, 0.717) is 26.3 Å². The number of morpholine rings is 1. The Balaban J connectivity index is 0.00000364. The van der Waals surface area contributed by atoms with E-state index < -0.39 is 22.6 Å². The van der Waals surface area contributed by atoms with E-state index >= 15 is 0 Å². The van der Waals surface area contributed by atoms with E-state index in [-0.39, 0.29) is 47.2 Å². The molecule has 0 unspecified atom stereocenters. The number of rotatable bonds is 6. The van der Waals surface area contributed by atoms with Crippen LogP contribution in [-0.4, -0.2) is 64.8 Å². The number of thiophene rings is 1. The molecule has 2 rings (SSSR count). The highest BCUT2D eigenvalue weighted by molar-refractivity contribution is 14.0. The molecule has 2 heterocycles. The van der Waals surface area contributed by atoms with Crippen LogP contribution in [0.3, 0.4) is 0 Å². The first kappa shape index (κ1) is 24.4. The van der Waals surface area contributed by atoms with Crippen LogP contribution in [-0.2, 0) is 21.3 Å². The molecule has 0 radical (unpaired) electrons. The van der Waals surface area contributed by atoms with Crippen molar-refractivity contribution >= 4 is 51.3 Å². The van der Waals surface area contributed by atoms with Gasteiger partial charge in [0, 0.05) is 31.6 Å². The van der Waals surface area contributed by atoms with Crippen molar-refractivity contribution in [3.8, 4) is 0 Å². The van der Waals surface area contributed by atoms with Gasteiger partial charge >= 0.3 is 6.18 Å². The third kappa shape index (κ3) is 7.71. The summed E-state index contributed by atoms with van der Waals surface area (Å²) in [6.07, 6.45) is -5.20. The fraction of sp³-hybridized carbons (Fsp3) is 0.643. The lowest BCUT2D eigenvalue weighted by Gasteiger charge is -2.25. The summed E-state index contributed by atoms with van der Waals surface area (Å²) < 4.78 is 68.4. The Labute approximate surface area is 177 Å². The molecule has 0 aliphatic carbocycles. The third-order valence-electron chi connectivity index (χ3n) is 3.56. The molecule has 1 fully saturated rings. The normalized spacial score (nSPS) is 16.7. The molecule has 1 aliphatic heterocycles. The number of hydrogen-bond donors (Lipinski definition) is 2. The zero-order valence-electron chi connectivity index (χ0n) is 14.6. The maximum absolute atomic E-state index is 12.5. The zero-order chi connectivity index (χ0) is 19.2. The third-order valence-corrected chi connectivity index (χ3v) is 7.01. The summed E-state index contributed by atoms with van der Waals surface area (Å²) in [6, 6.07) is 3.21. The molecule has 0 bridgehead atoms. The van der Waals surface area contributed by atoms with Gasteiger partial charge in [-0.05, 0) is 12.1 Å². The highest BCUT2D eigenvalue weighted by Crippen LogP contribution is 2.25. The van der Waals surface area contributed by atoms with Crippen LogP contribution in [0.25, 0.3) is 0 Å². The average Bonchev–Trinajstić information content (AvgIpc) is 3.07. The maximum atomic E-state index is 12.5. The van der Waals surface area contributed by atoms with Gasteiger partial charge in [-0.25, -0.2) is 8.42 Å². The first-order chi connectivity index (χ1) is 12.2. The van der Waals surface area contributed by atoms with E-state index in [9.17, 15) is 21.6 Å². The van der Waals surface area contributed by atoms with Crippen LogP contribution < -0.4 is 10.6 Å². The molecule has 1 aromatic heterocycles. The summed E-state index contributed by atoms with van der Waals surface area (Å²) in [7, 11) is -2.09. The van der Waals surface area contributed by atoms with Crippen molar-refractivity contribution in [2.45, 2.75) is 23.4 Å². The number of sulfonamides is 1. The molecular formula is C14H22F3IN4O3S2. The highest BCUT2D eigenvalue weighted by Gasteiger charge is 2.28. The molecule has 1 saturated heterocycles. The van der Waals surface area contributed by atoms with Crippen LogP contribution in [0, 0.1) is 0 Å². The van der Waals surface area contributed by atoms with Crippen LogP contribution in [0.15, 0.2) is 21.3 Å². The van der Waals surface area contributed by atoms with Crippen molar-refractivity contribution in [3.05, 3.63) is 17.0 Å². The Morgan fingerprint density at radius 2 is 1.96 bits per heavy atom. The fourth-order valence-electron chi connectivity index (χ4n) is 2.22. The quantitative estimate of drug-likeness (QED) is 0.327. The van der Waals surface area contributed by atoms with E-state index in [1.807, 2.05) is 0 Å². The number of nitrogens with zero attached hydrogens (tertiary/aromatic N) is 2. The number of nitrogens with one attached hydrogen (secondary N) is 2. The summed E-state index contributed by atoms with van der Waals surface area (Å²) in [5, 5.41) is 5.44. The molecule has 2 N–H and O–H groups in total. The number of guanidine groups is 1. The van der Waals surface area contributed by atoms with Gasteiger partial charge in [0.15, 0.2) is 5.96 Å². The molecule has 0 saturated carbocycles. The Bertz CT molecular complexity index is 719. The number of ether oxygens (including phenoxy) is 1. The van der Waals surface area contributed by atoms with Crippen LogP contribution in [0.4, 0.5) is 13.2 Å². The molecule has 27 heavy (non-hydrogen) atoms. The molecule has 0 atom stereocenters. The summed E-state index contributed by atoms with van der Waals surface area (Å²) >= 11 is 1.12. The van der Waals surface area contributed by atoms with Crippen LogP contribution in [0.2, 0.25) is 0 Å². The zero-order valence-corrected chi connectivity index (χ0v) is 18.5. The summed E-state index contributed by atoms with van der Waals surface area (Å²) in [5.74, 6) is 0.222. The van der Waals surface area contributed by atoms with Crippen LogP contribution in [0.1, 0.15) is 11.3 Å². The molecule has 1 aromatic rings. The number of halogens is 4. The van der Waals surface area contributed by atoms with Gasteiger partial charge in [-0.15, -0.1) is 35.3 Å². The first-order valence-electron chi connectivity index (χ1n) is 7.90. The molecule has 13 heteroatoms. The lowest BCUT2D eigenvalue weighted by atomic mass is 10.4. The molecule has 0 spiro atoms. The second-order valence-corrected chi connectivity index (χ2v) is 8.79. The Morgan fingerprint density at radius 1 is 1.30 bits per heavy atom. The maximum Gasteiger partial charge on any atom is 0.390 e. The minimum absolute atomic E-state index is 0. The van der Waals surface area contributed by atoms with E-state index in [4.69, 9.17) is 4.74 Å². The lowest BCUT2D eigenvalue weighted by Crippen LogP contribution is -2.40. The molecular weight excluding hydrogens is 520 g/mol. The minimum Gasteiger partial charge on any atom is -0.379 e. The number of aliphatic imine (C=N–C) groups is 1. The number of alkyl halides is 3. The highest BCUT2D eigenvalue weighted by atomic mass is 127. The van der Waals surface area contributed by atoms with E-state index in [1.165, 1.54) is 17.4 Å². The average molecular weight is 542 g/mol. The van der Waals surface area contributed by atoms with Crippen molar-refractivity contribution in [1.82, 2.24) is 14.9 Å². The Kier molecular flexibility index (Phi) is 9.74. The monoisotopic (exact) mass is 542 g/mol. The van der Waals surface area contributed by atoms with Gasteiger partial charge in [0.25, 0.3) is 10.0 Å². The van der Waals surface area contributed by atoms with E-state index in [1.54, 1.807) is 6.07 Å². The van der Waals surface area contributed by atoms with E-state index in [2.05, 4.69) is 15.6 Å². The molecule has 0 amide bonds. The Hall–Kier alpha value is -0.640. The van der Waals surface area contributed by atoms with Crippen molar-refractivity contribution in [1.29, 1.82) is 0 Å². The van der Waals surface area contributed by atoms with Crippen molar-refractivity contribution in [3.63, 3.8) is 0 Å².